The highest BCUT2D eigenvalue weighted by atomic mass is 31.2. The Morgan fingerprint density at radius 3 is 1.83 bits per heavy atom. The Morgan fingerprint density at radius 1 is 0.750 bits per heavy atom. The molecule has 0 N–H and O–H groups in total. The Bertz CT molecular complexity index is 735. The van der Waals surface area contributed by atoms with Crippen molar-refractivity contribution in [1.29, 1.82) is 0 Å². The maximum atomic E-state index is 12.4. The topological polar surface area (TPSA) is 9.23 Å². The van der Waals surface area contributed by atoms with Gasteiger partial charge in [-0.05, 0) is 36.4 Å². The smallest absolute Gasteiger partial charge is 0.123 e. The van der Waals surface area contributed by atoms with Crippen LogP contribution in [0.5, 0.6) is 5.75 Å². The van der Waals surface area contributed by atoms with Crippen molar-refractivity contribution in [3.05, 3.63) is 84.9 Å². The predicted molar refractivity (Wildman–Crippen MR) is 103 cm³/mol. The fraction of sp³-hybridized carbons (Fsp3) is 0.143. The average molecular weight is 339 g/mol. The first-order chi connectivity index (χ1) is 11.7. The highest BCUT2D eigenvalue weighted by Crippen LogP contribution is 2.51. The first-order valence-electron chi connectivity index (χ1n) is 8.02. The Kier molecular flexibility index (Phi) is 5.27. The second kappa shape index (κ2) is 7.59. The number of benzene rings is 3. The van der Waals surface area contributed by atoms with E-state index in [0.717, 1.165) is 5.75 Å². The molecular formula is C21H21FOP+. The van der Waals surface area contributed by atoms with Crippen molar-refractivity contribution in [3.8, 4) is 5.75 Å². The van der Waals surface area contributed by atoms with Gasteiger partial charge in [0.25, 0.3) is 0 Å². The van der Waals surface area contributed by atoms with Gasteiger partial charge in [0.05, 0.1) is 6.66 Å². The van der Waals surface area contributed by atoms with Gasteiger partial charge in [-0.15, -0.1) is 0 Å². The number of halogens is 1. The number of hydrogen-bond donors (Lipinski definition) is 0. The van der Waals surface area contributed by atoms with Gasteiger partial charge < -0.3 is 4.74 Å². The molecule has 0 bridgehead atoms. The zero-order valence-corrected chi connectivity index (χ0v) is 14.6. The fourth-order valence-electron chi connectivity index (χ4n) is 2.91. The molecule has 0 spiro atoms. The van der Waals surface area contributed by atoms with Crippen molar-refractivity contribution in [2.75, 3.05) is 19.9 Å². The minimum Gasteiger partial charge on any atom is -0.491 e. The SMILES string of the molecule is C[P+](c1ccccc1)(c1ccccc1)c1cccc(OCCF)c1. The lowest BCUT2D eigenvalue weighted by Gasteiger charge is -2.23. The van der Waals surface area contributed by atoms with Crippen molar-refractivity contribution < 1.29 is 9.13 Å². The lowest BCUT2D eigenvalue weighted by atomic mass is 10.3. The second-order valence-corrected chi connectivity index (χ2v) is 9.27. The summed E-state index contributed by atoms with van der Waals surface area (Å²) in [6.07, 6.45) is 0. The summed E-state index contributed by atoms with van der Waals surface area (Å²) in [4.78, 5) is 0. The van der Waals surface area contributed by atoms with Crippen LogP contribution in [0.15, 0.2) is 84.9 Å². The Labute approximate surface area is 143 Å². The third-order valence-corrected chi connectivity index (χ3v) is 8.20. The molecule has 0 aliphatic rings. The number of hydrogen-bond acceptors (Lipinski definition) is 1. The molecule has 0 saturated heterocycles. The van der Waals surface area contributed by atoms with Gasteiger partial charge in [-0.2, -0.15) is 0 Å². The molecule has 0 radical (unpaired) electrons. The van der Waals surface area contributed by atoms with Gasteiger partial charge in [-0.1, -0.05) is 42.5 Å². The lowest BCUT2D eigenvalue weighted by molar-refractivity contribution is 0.273. The molecule has 3 aromatic carbocycles. The quantitative estimate of drug-likeness (QED) is 0.618. The zero-order valence-electron chi connectivity index (χ0n) is 13.7. The van der Waals surface area contributed by atoms with Crippen molar-refractivity contribution >= 4 is 23.2 Å². The standard InChI is InChI=1S/C21H21FOP/c1-24(19-10-4-2-5-11-19,20-12-6-3-7-13-20)21-14-8-9-18(17-21)23-16-15-22/h2-14,17H,15-16H2,1H3/q+1. The van der Waals surface area contributed by atoms with Crippen molar-refractivity contribution in [1.82, 2.24) is 0 Å². The van der Waals surface area contributed by atoms with Gasteiger partial charge in [0.15, 0.2) is 0 Å². The van der Waals surface area contributed by atoms with Crippen LogP contribution in [0.25, 0.3) is 0 Å². The molecular weight excluding hydrogens is 318 g/mol. The molecule has 0 aliphatic carbocycles. The number of alkyl halides is 1. The summed E-state index contributed by atoms with van der Waals surface area (Å²) in [7, 11) is -1.76. The summed E-state index contributed by atoms with van der Waals surface area (Å²) >= 11 is 0. The van der Waals surface area contributed by atoms with Crippen LogP contribution >= 0.6 is 7.26 Å². The van der Waals surface area contributed by atoms with Gasteiger partial charge in [0.2, 0.25) is 0 Å². The van der Waals surface area contributed by atoms with Gasteiger partial charge in [0.1, 0.15) is 42.2 Å². The normalized spacial score (nSPS) is 11.2. The van der Waals surface area contributed by atoms with Crippen LogP contribution in [0, 0.1) is 0 Å². The molecule has 0 unspecified atom stereocenters. The summed E-state index contributed by atoms with van der Waals surface area (Å²) in [5.74, 6) is 0.725. The maximum Gasteiger partial charge on any atom is 0.123 e. The molecule has 3 heteroatoms. The van der Waals surface area contributed by atoms with E-state index in [1.54, 1.807) is 0 Å². The molecule has 0 atom stereocenters. The van der Waals surface area contributed by atoms with Crippen LogP contribution in [0.1, 0.15) is 0 Å². The Morgan fingerprint density at radius 2 is 1.29 bits per heavy atom. The molecule has 122 valence electrons. The first-order valence-corrected chi connectivity index (χ1v) is 10.3. The lowest BCUT2D eigenvalue weighted by Crippen LogP contribution is -2.30. The van der Waals surface area contributed by atoms with Crippen LogP contribution < -0.4 is 20.7 Å². The van der Waals surface area contributed by atoms with Gasteiger partial charge >= 0.3 is 0 Å². The van der Waals surface area contributed by atoms with E-state index in [1.807, 2.05) is 24.3 Å². The molecule has 1 nitrogen and oxygen atoms in total. The van der Waals surface area contributed by atoms with E-state index < -0.39 is 13.9 Å². The highest BCUT2D eigenvalue weighted by molar-refractivity contribution is 7.95. The summed E-state index contributed by atoms with van der Waals surface area (Å²) in [5, 5.41) is 3.87. The van der Waals surface area contributed by atoms with Crippen molar-refractivity contribution in [2.24, 2.45) is 0 Å². The minimum atomic E-state index is -1.76. The monoisotopic (exact) mass is 339 g/mol. The van der Waals surface area contributed by atoms with E-state index in [4.69, 9.17) is 4.74 Å². The Hall–Kier alpha value is -2.18. The molecule has 0 amide bonds. The molecule has 0 aromatic heterocycles. The maximum absolute atomic E-state index is 12.4. The summed E-state index contributed by atoms with van der Waals surface area (Å²) < 4.78 is 17.9. The van der Waals surface area contributed by atoms with E-state index in [9.17, 15) is 4.39 Å². The highest BCUT2D eigenvalue weighted by Gasteiger charge is 2.40. The summed E-state index contributed by atoms with van der Waals surface area (Å²) in [6, 6.07) is 29.3. The van der Waals surface area contributed by atoms with E-state index in [2.05, 4.69) is 67.3 Å². The van der Waals surface area contributed by atoms with E-state index in [-0.39, 0.29) is 6.61 Å². The predicted octanol–water partition coefficient (Wildman–Crippen LogP) is 3.96. The van der Waals surface area contributed by atoms with E-state index in [0.29, 0.717) is 0 Å². The van der Waals surface area contributed by atoms with Crippen molar-refractivity contribution in [3.63, 3.8) is 0 Å². The van der Waals surface area contributed by atoms with Crippen LogP contribution in [0.4, 0.5) is 4.39 Å². The first kappa shape index (κ1) is 16.7. The molecule has 3 aromatic rings. The molecule has 24 heavy (non-hydrogen) atoms. The largest absolute Gasteiger partial charge is 0.491 e. The van der Waals surface area contributed by atoms with Crippen LogP contribution in [0.2, 0.25) is 0 Å². The van der Waals surface area contributed by atoms with Gasteiger partial charge in [-0.25, -0.2) is 4.39 Å². The molecule has 0 aliphatic heterocycles. The number of ether oxygens (including phenoxy) is 1. The van der Waals surface area contributed by atoms with Crippen LogP contribution in [-0.2, 0) is 0 Å². The van der Waals surface area contributed by atoms with Crippen LogP contribution in [0.3, 0.4) is 0 Å². The zero-order chi connectivity index (χ0) is 16.8. The third-order valence-electron chi connectivity index (χ3n) is 4.23. The molecule has 3 rings (SSSR count). The van der Waals surface area contributed by atoms with Gasteiger partial charge in [-0.3, -0.25) is 0 Å². The number of rotatable bonds is 6. The van der Waals surface area contributed by atoms with Crippen LogP contribution in [-0.4, -0.2) is 19.9 Å². The fourth-order valence-corrected chi connectivity index (χ4v) is 6.11. The second-order valence-electron chi connectivity index (χ2n) is 5.71. The third kappa shape index (κ3) is 3.34. The minimum absolute atomic E-state index is 0.0925. The summed E-state index contributed by atoms with van der Waals surface area (Å²) in [5.41, 5.74) is 0. The molecule has 0 heterocycles. The van der Waals surface area contributed by atoms with Crippen molar-refractivity contribution in [2.45, 2.75) is 0 Å². The van der Waals surface area contributed by atoms with Gasteiger partial charge in [0, 0.05) is 6.07 Å². The van der Waals surface area contributed by atoms with E-state index in [1.165, 1.54) is 15.9 Å². The summed E-state index contributed by atoms with van der Waals surface area (Å²) in [6.45, 7) is 1.94. The molecule has 0 saturated carbocycles. The Balaban J connectivity index is 2.13. The average Bonchev–Trinajstić information content (AvgIpc) is 2.67. The molecule has 0 fully saturated rings. The van der Waals surface area contributed by atoms with E-state index >= 15 is 0 Å².